The third-order valence-electron chi connectivity index (χ3n) is 4.00. The van der Waals surface area contributed by atoms with E-state index in [0.717, 1.165) is 18.8 Å². The van der Waals surface area contributed by atoms with Gasteiger partial charge in [0.1, 0.15) is 0 Å². The zero-order chi connectivity index (χ0) is 13.2. The fraction of sp³-hybridized carbons (Fsp3) is 0.294. The second kappa shape index (κ2) is 4.96. The predicted molar refractivity (Wildman–Crippen MR) is 81.6 cm³/mol. The van der Waals surface area contributed by atoms with Crippen molar-refractivity contribution in [1.82, 2.24) is 0 Å². The number of nitrogen functional groups attached to an aromatic ring is 1. The van der Waals surface area contributed by atoms with Gasteiger partial charge in [0.2, 0.25) is 0 Å². The first kappa shape index (κ1) is 12.1. The van der Waals surface area contributed by atoms with Crippen molar-refractivity contribution >= 4 is 11.4 Å². The average molecular weight is 252 g/mol. The summed E-state index contributed by atoms with van der Waals surface area (Å²) in [5, 5.41) is 0. The van der Waals surface area contributed by atoms with Gasteiger partial charge in [0.05, 0.1) is 0 Å². The molecule has 0 bridgehead atoms. The fourth-order valence-electron chi connectivity index (χ4n) is 2.79. The smallest absolute Gasteiger partial charge is 0.0366 e. The molecule has 0 aliphatic carbocycles. The summed E-state index contributed by atoms with van der Waals surface area (Å²) < 4.78 is 0. The van der Waals surface area contributed by atoms with Crippen LogP contribution < -0.4 is 10.6 Å². The lowest BCUT2D eigenvalue weighted by Crippen LogP contribution is -2.18. The minimum absolute atomic E-state index is 0.627. The number of anilines is 2. The molecule has 2 aromatic carbocycles. The average Bonchev–Trinajstić information content (AvgIpc) is 2.90. The summed E-state index contributed by atoms with van der Waals surface area (Å²) in [6, 6.07) is 17.2. The first-order valence-corrected chi connectivity index (χ1v) is 6.89. The van der Waals surface area contributed by atoms with E-state index in [1.54, 1.807) is 0 Å². The highest BCUT2D eigenvalue weighted by molar-refractivity contribution is 5.50. The summed E-state index contributed by atoms with van der Waals surface area (Å²) in [5.74, 6) is 0.627. The molecule has 0 aromatic heterocycles. The highest BCUT2D eigenvalue weighted by Crippen LogP contribution is 2.31. The Morgan fingerprint density at radius 3 is 2.37 bits per heavy atom. The van der Waals surface area contributed by atoms with Crippen molar-refractivity contribution in [2.24, 2.45) is 0 Å². The third kappa shape index (κ3) is 2.58. The first-order valence-electron chi connectivity index (χ1n) is 6.89. The molecule has 2 heteroatoms. The lowest BCUT2D eigenvalue weighted by molar-refractivity contribution is 0.775. The number of benzene rings is 2. The Balaban J connectivity index is 1.73. The van der Waals surface area contributed by atoms with Gasteiger partial charge in [-0.1, -0.05) is 29.8 Å². The summed E-state index contributed by atoms with van der Waals surface area (Å²) in [4.78, 5) is 2.47. The summed E-state index contributed by atoms with van der Waals surface area (Å²) >= 11 is 0. The van der Waals surface area contributed by atoms with Crippen LogP contribution in [-0.4, -0.2) is 13.1 Å². The summed E-state index contributed by atoms with van der Waals surface area (Å²) in [6.07, 6.45) is 1.22. The highest BCUT2D eigenvalue weighted by Gasteiger charge is 2.23. The molecule has 1 aliphatic rings. The minimum Gasteiger partial charge on any atom is -0.399 e. The van der Waals surface area contributed by atoms with Crippen molar-refractivity contribution in [1.29, 1.82) is 0 Å². The van der Waals surface area contributed by atoms with Crippen molar-refractivity contribution in [3.05, 3.63) is 59.7 Å². The number of rotatable bonds is 2. The van der Waals surface area contributed by atoms with Gasteiger partial charge >= 0.3 is 0 Å². The van der Waals surface area contributed by atoms with E-state index < -0.39 is 0 Å². The number of nitrogens with two attached hydrogens (primary N) is 1. The maximum atomic E-state index is 5.75. The lowest BCUT2D eigenvalue weighted by Gasteiger charge is -2.19. The van der Waals surface area contributed by atoms with Crippen LogP contribution in [0.5, 0.6) is 0 Å². The van der Waals surface area contributed by atoms with E-state index in [1.165, 1.54) is 23.2 Å². The zero-order valence-electron chi connectivity index (χ0n) is 11.3. The van der Waals surface area contributed by atoms with Crippen LogP contribution in [0.1, 0.15) is 23.5 Å². The van der Waals surface area contributed by atoms with E-state index in [-0.39, 0.29) is 0 Å². The maximum absolute atomic E-state index is 5.75. The van der Waals surface area contributed by atoms with Crippen molar-refractivity contribution < 1.29 is 0 Å². The van der Waals surface area contributed by atoms with E-state index in [2.05, 4.69) is 48.2 Å². The van der Waals surface area contributed by atoms with Crippen molar-refractivity contribution in [3.63, 3.8) is 0 Å². The molecule has 3 rings (SSSR count). The van der Waals surface area contributed by atoms with Gasteiger partial charge in [0, 0.05) is 30.4 Å². The van der Waals surface area contributed by atoms with Crippen LogP contribution in [-0.2, 0) is 0 Å². The molecule has 19 heavy (non-hydrogen) atoms. The van der Waals surface area contributed by atoms with Gasteiger partial charge in [-0.2, -0.15) is 0 Å². The lowest BCUT2D eigenvalue weighted by atomic mass is 9.98. The molecule has 1 heterocycles. The Morgan fingerprint density at radius 2 is 1.68 bits per heavy atom. The Labute approximate surface area is 114 Å². The van der Waals surface area contributed by atoms with Gasteiger partial charge < -0.3 is 10.6 Å². The molecule has 1 unspecified atom stereocenters. The predicted octanol–water partition coefficient (Wildman–Crippen LogP) is 3.57. The van der Waals surface area contributed by atoms with E-state index in [9.17, 15) is 0 Å². The number of aryl methyl sites for hydroxylation is 1. The van der Waals surface area contributed by atoms with Crippen molar-refractivity contribution in [2.45, 2.75) is 19.3 Å². The second-order valence-electron chi connectivity index (χ2n) is 5.43. The van der Waals surface area contributed by atoms with Crippen LogP contribution in [0.4, 0.5) is 11.4 Å². The molecule has 0 radical (unpaired) electrons. The second-order valence-corrected chi connectivity index (χ2v) is 5.43. The molecule has 98 valence electrons. The SMILES string of the molecule is Cc1ccc(N2CCC(c3ccc(N)cc3)C2)cc1. The van der Waals surface area contributed by atoms with Gasteiger partial charge in [0.25, 0.3) is 0 Å². The van der Waals surface area contributed by atoms with Gasteiger partial charge in [-0.05, 0) is 43.2 Å². The van der Waals surface area contributed by atoms with Crippen LogP contribution in [0.25, 0.3) is 0 Å². The molecule has 2 nitrogen and oxygen atoms in total. The molecule has 1 atom stereocenters. The molecular formula is C17H20N2. The van der Waals surface area contributed by atoms with Crippen LogP contribution in [0.3, 0.4) is 0 Å². The van der Waals surface area contributed by atoms with Gasteiger partial charge in [-0.25, -0.2) is 0 Å². The van der Waals surface area contributed by atoms with Gasteiger partial charge in [-0.15, -0.1) is 0 Å². The quantitative estimate of drug-likeness (QED) is 0.828. The highest BCUT2D eigenvalue weighted by atomic mass is 15.1. The van der Waals surface area contributed by atoms with Crippen LogP contribution in [0.2, 0.25) is 0 Å². The minimum atomic E-state index is 0.627. The summed E-state index contributed by atoms with van der Waals surface area (Å²) in [5.41, 5.74) is 10.7. The van der Waals surface area contributed by atoms with Crippen LogP contribution >= 0.6 is 0 Å². The van der Waals surface area contributed by atoms with Crippen molar-refractivity contribution in [3.8, 4) is 0 Å². The number of hydrogen-bond acceptors (Lipinski definition) is 2. The molecular weight excluding hydrogens is 232 g/mol. The standard InChI is InChI=1S/C17H20N2/c1-13-2-8-17(9-3-13)19-11-10-15(12-19)14-4-6-16(18)7-5-14/h2-9,15H,10-12,18H2,1H3. The summed E-state index contributed by atoms with van der Waals surface area (Å²) in [7, 11) is 0. The van der Waals surface area contributed by atoms with E-state index in [4.69, 9.17) is 5.73 Å². The third-order valence-corrected chi connectivity index (χ3v) is 4.00. The molecule has 0 amide bonds. The Kier molecular flexibility index (Phi) is 3.16. The number of hydrogen-bond donors (Lipinski definition) is 1. The fourth-order valence-corrected chi connectivity index (χ4v) is 2.79. The van der Waals surface area contributed by atoms with E-state index in [1.807, 2.05) is 12.1 Å². The first-order chi connectivity index (χ1) is 9.22. The largest absolute Gasteiger partial charge is 0.399 e. The normalized spacial score (nSPS) is 18.8. The molecule has 1 fully saturated rings. The summed E-state index contributed by atoms with van der Waals surface area (Å²) in [6.45, 7) is 4.37. The van der Waals surface area contributed by atoms with E-state index >= 15 is 0 Å². The van der Waals surface area contributed by atoms with Gasteiger partial charge in [0.15, 0.2) is 0 Å². The Morgan fingerprint density at radius 1 is 1.00 bits per heavy atom. The van der Waals surface area contributed by atoms with Crippen LogP contribution in [0, 0.1) is 6.92 Å². The van der Waals surface area contributed by atoms with E-state index in [0.29, 0.717) is 5.92 Å². The topological polar surface area (TPSA) is 29.3 Å². The number of nitrogens with zero attached hydrogens (tertiary/aromatic N) is 1. The molecule has 0 saturated carbocycles. The maximum Gasteiger partial charge on any atom is 0.0366 e. The molecule has 1 aliphatic heterocycles. The zero-order valence-corrected chi connectivity index (χ0v) is 11.3. The van der Waals surface area contributed by atoms with Crippen molar-refractivity contribution in [2.75, 3.05) is 23.7 Å². The monoisotopic (exact) mass is 252 g/mol. The molecule has 2 N–H and O–H groups in total. The van der Waals surface area contributed by atoms with Crippen LogP contribution in [0.15, 0.2) is 48.5 Å². The molecule has 1 saturated heterocycles. The molecule has 0 spiro atoms. The molecule has 2 aromatic rings. The Bertz CT molecular complexity index is 491. The van der Waals surface area contributed by atoms with Gasteiger partial charge in [-0.3, -0.25) is 0 Å². The Hall–Kier alpha value is -1.96.